The summed E-state index contributed by atoms with van der Waals surface area (Å²) in [5.74, 6) is -6.97. The summed E-state index contributed by atoms with van der Waals surface area (Å²) in [5.41, 5.74) is -0.613. The Kier molecular flexibility index (Phi) is 5.07. The van der Waals surface area contributed by atoms with E-state index in [1.165, 1.54) is 24.5 Å². The Bertz CT molecular complexity index is 1070. The number of non-ortho nitro benzene ring substituents is 1. The lowest BCUT2D eigenvalue weighted by Gasteiger charge is -2.07. The lowest BCUT2D eigenvalue weighted by molar-refractivity contribution is -0.384. The van der Waals surface area contributed by atoms with Crippen LogP contribution < -0.4 is 5.32 Å². The Morgan fingerprint density at radius 3 is 2.43 bits per heavy atom. The summed E-state index contributed by atoms with van der Waals surface area (Å²) in [5, 5.41) is 16.9. The van der Waals surface area contributed by atoms with Crippen LogP contribution in [0.2, 0.25) is 0 Å². The van der Waals surface area contributed by atoms with Crippen LogP contribution in [0.25, 0.3) is 0 Å². The van der Waals surface area contributed by atoms with E-state index in [0.717, 1.165) is 16.8 Å². The minimum absolute atomic E-state index is 0.135. The minimum Gasteiger partial charge on any atom is -0.319 e. The van der Waals surface area contributed by atoms with Crippen LogP contribution in [0, 0.1) is 33.4 Å². The third-order valence-corrected chi connectivity index (χ3v) is 3.76. The summed E-state index contributed by atoms with van der Waals surface area (Å²) in [6, 6.07) is 5.06. The number of halogens is 4. The van der Waals surface area contributed by atoms with Gasteiger partial charge in [-0.15, -0.1) is 0 Å². The number of nitrogens with zero attached hydrogens (tertiary/aromatic N) is 3. The molecular weight excluding hydrogens is 384 g/mol. The highest BCUT2D eigenvalue weighted by Crippen LogP contribution is 2.21. The molecule has 7 nitrogen and oxygen atoms in total. The molecule has 0 aliphatic carbocycles. The van der Waals surface area contributed by atoms with Gasteiger partial charge in [0.2, 0.25) is 0 Å². The maximum Gasteiger partial charge on any atom is 0.269 e. The van der Waals surface area contributed by atoms with E-state index in [1.54, 1.807) is 0 Å². The normalized spacial score (nSPS) is 10.7. The second-order valence-corrected chi connectivity index (χ2v) is 5.63. The van der Waals surface area contributed by atoms with Crippen molar-refractivity contribution in [2.75, 3.05) is 5.32 Å². The Hall–Kier alpha value is -3.76. The molecule has 0 aliphatic rings. The highest BCUT2D eigenvalue weighted by atomic mass is 19.2. The van der Waals surface area contributed by atoms with Crippen molar-refractivity contribution >= 4 is 17.3 Å². The maximum absolute atomic E-state index is 13.7. The Morgan fingerprint density at radius 1 is 1.11 bits per heavy atom. The number of benzene rings is 2. The third-order valence-electron chi connectivity index (χ3n) is 3.76. The van der Waals surface area contributed by atoms with E-state index in [1.807, 2.05) is 0 Å². The summed E-state index contributed by atoms with van der Waals surface area (Å²) >= 11 is 0. The smallest absolute Gasteiger partial charge is 0.269 e. The number of carbonyl (C=O) groups excluding carboxylic acids is 1. The molecule has 1 amide bonds. The van der Waals surface area contributed by atoms with Crippen LogP contribution in [0.5, 0.6) is 0 Å². The first-order valence-corrected chi connectivity index (χ1v) is 7.66. The molecule has 0 bridgehead atoms. The number of amides is 1. The van der Waals surface area contributed by atoms with Crippen LogP contribution in [0.3, 0.4) is 0 Å². The molecule has 1 heterocycles. The summed E-state index contributed by atoms with van der Waals surface area (Å²) in [6.07, 6.45) is 2.41. The van der Waals surface area contributed by atoms with Crippen molar-refractivity contribution in [1.29, 1.82) is 0 Å². The van der Waals surface area contributed by atoms with E-state index < -0.39 is 46.2 Å². The van der Waals surface area contributed by atoms with Gasteiger partial charge >= 0.3 is 0 Å². The molecule has 3 aromatic rings. The fourth-order valence-electron chi connectivity index (χ4n) is 2.36. The van der Waals surface area contributed by atoms with Gasteiger partial charge in [0.25, 0.3) is 11.6 Å². The predicted octanol–water partition coefficient (Wildman–Crippen LogP) is 3.65. The second kappa shape index (κ2) is 7.47. The van der Waals surface area contributed by atoms with E-state index in [-0.39, 0.29) is 23.0 Å². The average molecular weight is 394 g/mol. The molecule has 1 N–H and O–H groups in total. The van der Waals surface area contributed by atoms with Crippen LogP contribution in [0.1, 0.15) is 15.9 Å². The van der Waals surface area contributed by atoms with Gasteiger partial charge in [0.1, 0.15) is 5.82 Å². The molecular formula is C17H10F4N4O3. The predicted molar refractivity (Wildman–Crippen MR) is 88.7 cm³/mol. The zero-order chi connectivity index (χ0) is 20.4. The fourth-order valence-corrected chi connectivity index (χ4v) is 2.36. The molecule has 0 spiro atoms. The molecule has 0 fully saturated rings. The molecule has 1 aromatic heterocycles. The van der Waals surface area contributed by atoms with Crippen molar-refractivity contribution in [2.45, 2.75) is 6.54 Å². The van der Waals surface area contributed by atoms with Gasteiger partial charge in [0, 0.05) is 35.5 Å². The van der Waals surface area contributed by atoms with Crippen molar-refractivity contribution in [2.24, 2.45) is 0 Å². The van der Waals surface area contributed by atoms with E-state index in [4.69, 9.17) is 0 Å². The lowest BCUT2D eigenvalue weighted by atomic mass is 10.2. The Labute approximate surface area is 154 Å². The monoisotopic (exact) mass is 394 g/mol. The molecule has 0 saturated heterocycles. The molecule has 0 aliphatic heterocycles. The number of aromatic nitrogens is 2. The molecule has 0 unspecified atom stereocenters. The number of hydrogen-bond donors (Lipinski definition) is 1. The number of nitro groups is 1. The maximum atomic E-state index is 13.7. The van der Waals surface area contributed by atoms with Gasteiger partial charge < -0.3 is 5.32 Å². The summed E-state index contributed by atoms with van der Waals surface area (Å²) in [7, 11) is 0. The zero-order valence-corrected chi connectivity index (χ0v) is 13.8. The zero-order valence-electron chi connectivity index (χ0n) is 13.8. The van der Waals surface area contributed by atoms with E-state index >= 15 is 0 Å². The molecule has 0 radical (unpaired) electrons. The number of anilines is 1. The van der Waals surface area contributed by atoms with Gasteiger partial charge in [-0.3, -0.25) is 19.6 Å². The van der Waals surface area contributed by atoms with Crippen LogP contribution >= 0.6 is 0 Å². The largest absolute Gasteiger partial charge is 0.319 e. The first-order chi connectivity index (χ1) is 13.3. The van der Waals surface area contributed by atoms with E-state index in [9.17, 15) is 32.5 Å². The first-order valence-electron chi connectivity index (χ1n) is 7.66. The molecule has 0 saturated carbocycles. The van der Waals surface area contributed by atoms with Gasteiger partial charge in [-0.1, -0.05) is 0 Å². The average Bonchev–Trinajstić information content (AvgIpc) is 3.10. The number of rotatable bonds is 5. The second-order valence-electron chi connectivity index (χ2n) is 5.63. The van der Waals surface area contributed by atoms with Gasteiger partial charge in [-0.2, -0.15) is 5.10 Å². The number of carbonyl (C=O) groups is 1. The van der Waals surface area contributed by atoms with Gasteiger partial charge in [0.05, 0.1) is 23.4 Å². The highest BCUT2D eigenvalue weighted by Gasteiger charge is 2.19. The van der Waals surface area contributed by atoms with Crippen molar-refractivity contribution in [3.8, 4) is 0 Å². The molecule has 0 atom stereocenters. The Morgan fingerprint density at radius 2 is 1.79 bits per heavy atom. The SMILES string of the molecule is O=C(Nc1cnn(Cc2c(F)cc(F)c(F)c2F)c1)c1ccc([N+](=O)[O-])cc1. The molecule has 2 aromatic carbocycles. The van der Waals surface area contributed by atoms with Gasteiger partial charge in [-0.25, -0.2) is 17.6 Å². The molecule has 144 valence electrons. The van der Waals surface area contributed by atoms with Crippen LogP contribution in [-0.2, 0) is 6.54 Å². The van der Waals surface area contributed by atoms with Crippen molar-refractivity contribution in [3.63, 3.8) is 0 Å². The number of hydrogen-bond acceptors (Lipinski definition) is 4. The third kappa shape index (κ3) is 3.82. The molecule has 11 heteroatoms. The van der Waals surface area contributed by atoms with Crippen LogP contribution in [-0.4, -0.2) is 20.6 Å². The fraction of sp³-hybridized carbons (Fsp3) is 0.0588. The number of nitro benzene ring substituents is 1. The lowest BCUT2D eigenvalue weighted by Crippen LogP contribution is -2.11. The van der Waals surface area contributed by atoms with Crippen LogP contribution in [0.15, 0.2) is 42.7 Å². The highest BCUT2D eigenvalue weighted by molar-refractivity contribution is 6.04. The van der Waals surface area contributed by atoms with Gasteiger partial charge in [-0.05, 0) is 12.1 Å². The van der Waals surface area contributed by atoms with Crippen molar-refractivity contribution < 1.29 is 27.3 Å². The summed E-state index contributed by atoms with van der Waals surface area (Å²) in [6.45, 7) is -0.539. The van der Waals surface area contributed by atoms with E-state index in [0.29, 0.717) is 0 Å². The van der Waals surface area contributed by atoms with Crippen molar-refractivity contribution in [1.82, 2.24) is 9.78 Å². The van der Waals surface area contributed by atoms with Gasteiger partial charge in [0.15, 0.2) is 17.5 Å². The van der Waals surface area contributed by atoms with Crippen molar-refractivity contribution in [3.05, 3.63) is 87.2 Å². The quantitative estimate of drug-likeness (QED) is 0.235. The first kappa shape index (κ1) is 19.0. The van der Waals surface area contributed by atoms with E-state index in [2.05, 4.69) is 10.4 Å². The Balaban J connectivity index is 1.73. The summed E-state index contributed by atoms with van der Waals surface area (Å²) in [4.78, 5) is 22.1. The standard InChI is InChI=1S/C17H10F4N4O3/c18-13-5-14(19)16(21)15(20)12(13)8-24-7-10(6-22-24)23-17(26)9-1-3-11(4-2-9)25(27)28/h1-7H,8H2,(H,23,26). The molecule has 28 heavy (non-hydrogen) atoms. The summed E-state index contributed by atoms with van der Waals surface area (Å²) < 4.78 is 54.7. The number of nitrogens with one attached hydrogen (secondary N) is 1. The topological polar surface area (TPSA) is 90.1 Å². The minimum atomic E-state index is -1.80. The van der Waals surface area contributed by atoms with Crippen LogP contribution in [0.4, 0.5) is 28.9 Å². The molecule has 3 rings (SSSR count).